The fourth-order valence-electron chi connectivity index (χ4n) is 1.86. The minimum atomic E-state index is -0.193. The predicted molar refractivity (Wildman–Crippen MR) is 63.1 cm³/mol. The normalized spacial score (nSPS) is 15.6. The number of phenols is 2. The van der Waals surface area contributed by atoms with Crippen molar-refractivity contribution in [3.05, 3.63) is 24.1 Å². The van der Waals surface area contributed by atoms with Gasteiger partial charge in [-0.3, -0.25) is 0 Å². The van der Waals surface area contributed by atoms with Crippen LogP contribution >= 0.6 is 0 Å². The zero-order valence-electron chi connectivity index (χ0n) is 9.63. The summed E-state index contributed by atoms with van der Waals surface area (Å²) < 4.78 is 5.16. The van der Waals surface area contributed by atoms with Gasteiger partial charge in [-0.25, -0.2) is 0 Å². The molecule has 6 nitrogen and oxygen atoms in total. The van der Waals surface area contributed by atoms with E-state index in [-0.39, 0.29) is 11.5 Å². The molecule has 1 aromatic carbocycles. The molecule has 3 N–H and O–H groups in total. The molecule has 0 spiro atoms. The topological polar surface area (TPSA) is 91.4 Å². The second-order valence-electron chi connectivity index (χ2n) is 4.44. The lowest BCUT2D eigenvalue weighted by Gasteiger charge is -2.25. The average molecular weight is 247 g/mol. The fraction of sp³-hybridized carbons (Fsp3) is 0.333. The van der Waals surface area contributed by atoms with Gasteiger partial charge in [0.2, 0.25) is 11.7 Å². The number of rotatable bonds is 3. The van der Waals surface area contributed by atoms with E-state index in [1.807, 2.05) is 0 Å². The lowest BCUT2D eigenvalue weighted by atomic mass is 10.00. The highest BCUT2D eigenvalue weighted by molar-refractivity contribution is 5.59. The first-order valence-electron chi connectivity index (χ1n) is 5.78. The Hall–Kier alpha value is -2.08. The van der Waals surface area contributed by atoms with E-state index >= 15 is 0 Å². The highest BCUT2D eigenvalue weighted by atomic mass is 16.5. The van der Waals surface area contributed by atoms with Crippen LogP contribution in [0.4, 0.5) is 0 Å². The Morgan fingerprint density at radius 1 is 1.28 bits per heavy atom. The van der Waals surface area contributed by atoms with Crippen LogP contribution in [0.15, 0.2) is 22.7 Å². The Labute approximate surface area is 103 Å². The Morgan fingerprint density at radius 3 is 2.78 bits per heavy atom. The van der Waals surface area contributed by atoms with E-state index in [2.05, 4.69) is 15.5 Å². The Bertz CT molecular complexity index is 563. The molecule has 6 heteroatoms. The monoisotopic (exact) mass is 247 g/mol. The smallest absolute Gasteiger partial charge is 0.227 e. The van der Waals surface area contributed by atoms with Gasteiger partial charge in [0.05, 0.1) is 0 Å². The second-order valence-corrected chi connectivity index (χ2v) is 4.44. The molecule has 0 radical (unpaired) electrons. The standard InChI is InChI=1S/C12H13N3O3/c16-9-2-1-8(4-10(9)17)12-14-11(18-15-12)3-7-5-13-6-7/h1-2,4,7,13,16-17H,3,5-6H2. The summed E-state index contributed by atoms with van der Waals surface area (Å²) in [6.07, 6.45) is 0.768. The third kappa shape index (κ3) is 2.02. The Kier molecular flexibility index (Phi) is 2.64. The van der Waals surface area contributed by atoms with Crippen LogP contribution in [-0.2, 0) is 6.42 Å². The first-order chi connectivity index (χ1) is 8.72. The molecule has 0 amide bonds. The zero-order valence-corrected chi connectivity index (χ0v) is 9.63. The molecule has 0 atom stereocenters. The molecular weight excluding hydrogens is 234 g/mol. The number of aromatic nitrogens is 2. The van der Waals surface area contributed by atoms with Crippen molar-refractivity contribution in [1.29, 1.82) is 0 Å². The summed E-state index contributed by atoms with van der Waals surface area (Å²) in [6.45, 7) is 1.97. The predicted octanol–water partition coefficient (Wildman–Crippen LogP) is 0.910. The van der Waals surface area contributed by atoms with E-state index in [1.165, 1.54) is 12.1 Å². The SMILES string of the molecule is Oc1ccc(-c2noc(CC3CNC3)n2)cc1O. The average Bonchev–Trinajstić information content (AvgIpc) is 2.76. The van der Waals surface area contributed by atoms with Crippen LogP contribution in [0, 0.1) is 5.92 Å². The van der Waals surface area contributed by atoms with Gasteiger partial charge < -0.3 is 20.1 Å². The molecule has 0 aliphatic carbocycles. The number of hydrogen-bond acceptors (Lipinski definition) is 6. The number of hydrogen-bond donors (Lipinski definition) is 3. The van der Waals surface area contributed by atoms with Crippen LogP contribution in [-0.4, -0.2) is 33.4 Å². The molecule has 0 saturated carbocycles. The van der Waals surface area contributed by atoms with E-state index in [0.717, 1.165) is 19.5 Å². The van der Waals surface area contributed by atoms with E-state index in [0.29, 0.717) is 23.2 Å². The van der Waals surface area contributed by atoms with Crippen molar-refractivity contribution in [2.45, 2.75) is 6.42 Å². The van der Waals surface area contributed by atoms with Crippen LogP contribution in [0.25, 0.3) is 11.4 Å². The third-order valence-corrected chi connectivity index (χ3v) is 3.03. The fourth-order valence-corrected chi connectivity index (χ4v) is 1.86. The molecule has 1 aromatic heterocycles. The van der Waals surface area contributed by atoms with Gasteiger partial charge in [0.1, 0.15) is 0 Å². The molecule has 94 valence electrons. The van der Waals surface area contributed by atoms with Gasteiger partial charge in [0.15, 0.2) is 11.5 Å². The maximum atomic E-state index is 9.42. The van der Waals surface area contributed by atoms with Crippen molar-refractivity contribution >= 4 is 0 Å². The van der Waals surface area contributed by atoms with E-state index in [4.69, 9.17) is 4.52 Å². The number of nitrogens with one attached hydrogen (secondary N) is 1. The van der Waals surface area contributed by atoms with Crippen molar-refractivity contribution in [2.24, 2.45) is 5.92 Å². The largest absolute Gasteiger partial charge is 0.504 e. The molecule has 0 bridgehead atoms. The highest BCUT2D eigenvalue weighted by Crippen LogP contribution is 2.29. The Morgan fingerprint density at radius 2 is 2.11 bits per heavy atom. The minimum absolute atomic E-state index is 0.164. The molecule has 1 aliphatic rings. The molecular formula is C12H13N3O3. The summed E-state index contributed by atoms with van der Waals surface area (Å²) in [5.41, 5.74) is 0.618. The molecule has 1 aliphatic heterocycles. The summed E-state index contributed by atoms with van der Waals surface area (Å²) in [7, 11) is 0. The van der Waals surface area contributed by atoms with Gasteiger partial charge in [0, 0.05) is 12.0 Å². The van der Waals surface area contributed by atoms with Gasteiger partial charge in [-0.05, 0) is 37.2 Å². The molecule has 1 saturated heterocycles. The lowest BCUT2D eigenvalue weighted by Crippen LogP contribution is -2.43. The lowest BCUT2D eigenvalue weighted by molar-refractivity contribution is 0.296. The maximum absolute atomic E-state index is 9.42. The molecule has 3 rings (SSSR count). The van der Waals surface area contributed by atoms with Crippen molar-refractivity contribution < 1.29 is 14.7 Å². The minimum Gasteiger partial charge on any atom is -0.504 e. The summed E-state index contributed by atoms with van der Waals surface area (Å²) in [6, 6.07) is 4.44. The summed E-state index contributed by atoms with van der Waals surface area (Å²) >= 11 is 0. The van der Waals surface area contributed by atoms with E-state index in [9.17, 15) is 10.2 Å². The van der Waals surface area contributed by atoms with Crippen LogP contribution < -0.4 is 5.32 Å². The maximum Gasteiger partial charge on any atom is 0.227 e. The zero-order chi connectivity index (χ0) is 12.5. The first kappa shape index (κ1) is 11.0. The number of phenolic OH excluding ortho intramolecular Hbond substituents is 2. The molecule has 2 aromatic rings. The van der Waals surface area contributed by atoms with Crippen molar-refractivity contribution in [3.8, 4) is 22.9 Å². The van der Waals surface area contributed by atoms with Crippen LogP contribution in [0.1, 0.15) is 5.89 Å². The summed E-state index contributed by atoms with van der Waals surface area (Å²) in [4.78, 5) is 4.27. The van der Waals surface area contributed by atoms with E-state index in [1.54, 1.807) is 6.07 Å². The molecule has 2 heterocycles. The number of aromatic hydroxyl groups is 2. The highest BCUT2D eigenvalue weighted by Gasteiger charge is 2.20. The number of benzene rings is 1. The van der Waals surface area contributed by atoms with Crippen LogP contribution in [0.3, 0.4) is 0 Å². The summed E-state index contributed by atoms with van der Waals surface area (Å²) in [5, 5.41) is 25.7. The van der Waals surface area contributed by atoms with Crippen molar-refractivity contribution in [1.82, 2.24) is 15.5 Å². The van der Waals surface area contributed by atoms with E-state index < -0.39 is 0 Å². The van der Waals surface area contributed by atoms with Crippen molar-refractivity contribution in [2.75, 3.05) is 13.1 Å². The van der Waals surface area contributed by atoms with Gasteiger partial charge in [-0.15, -0.1) is 0 Å². The molecule has 18 heavy (non-hydrogen) atoms. The third-order valence-electron chi connectivity index (χ3n) is 3.03. The van der Waals surface area contributed by atoms with Gasteiger partial charge >= 0.3 is 0 Å². The van der Waals surface area contributed by atoms with Crippen LogP contribution in [0.5, 0.6) is 11.5 Å². The molecule has 1 fully saturated rings. The quantitative estimate of drug-likeness (QED) is 0.698. The van der Waals surface area contributed by atoms with Crippen molar-refractivity contribution in [3.63, 3.8) is 0 Å². The Balaban J connectivity index is 1.80. The number of nitrogens with zero attached hydrogens (tertiary/aromatic N) is 2. The second kappa shape index (κ2) is 4.30. The van der Waals surface area contributed by atoms with Gasteiger partial charge in [0.25, 0.3) is 0 Å². The summed E-state index contributed by atoms with van der Waals surface area (Å²) in [5.74, 6) is 1.23. The first-order valence-corrected chi connectivity index (χ1v) is 5.78. The van der Waals surface area contributed by atoms with Gasteiger partial charge in [-0.1, -0.05) is 5.16 Å². The van der Waals surface area contributed by atoms with Gasteiger partial charge in [-0.2, -0.15) is 4.98 Å². The van der Waals surface area contributed by atoms with Crippen LogP contribution in [0.2, 0.25) is 0 Å². The molecule has 0 unspecified atom stereocenters.